The van der Waals surface area contributed by atoms with E-state index in [1.807, 2.05) is 0 Å². The Kier molecular flexibility index (Phi) is 5.80. The van der Waals surface area contributed by atoms with Gasteiger partial charge in [0.05, 0.1) is 12.7 Å². The minimum atomic E-state index is -0.331. The molecule has 128 valence electrons. The second-order valence-corrected chi connectivity index (χ2v) is 8.28. The first-order chi connectivity index (χ1) is 10.6. The number of hydrogen-bond donors (Lipinski definition) is 1. The third kappa shape index (κ3) is 4.04. The van der Waals surface area contributed by atoms with E-state index in [0.717, 1.165) is 30.9 Å². The van der Waals surface area contributed by atoms with Crippen LogP contribution in [0.3, 0.4) is 0 Å². The van der Waals surface area contributed by atoms with Gasteiger partial charge in [0.15, 0.2) is 0 Å². The third-order valence-electron chi connectivity index (χ3n) is 6.63. The van der Waals surface area contributed by atoms with Crippen LogP contribution in [0, 0.1) is 17.8 Å². The average molecular weight is 309 g/mol. The lowest BCUT2D eigenvalue weighted by Crippen LogP contribution is -2.48. The second-order valence-electron chi connectivity index (χ2n) is 8.28. The molecule has 0 aromatic rings. The van der Waals surface area contributed by atoms with E-state index in [9.17, 15) is 5.11 Å². The SMILES string of the molecule is C[C@@H]1CCC[C@H](C)N1C[C@H](O)COCC[C@@H]1C[C@@H]2CC[C@@H]1C2. The molecule has 3 heteroatoms. The number of rotatable bonds is 7. The van der Waals surface area contributed by atoms with Crippen molar-refractivity contribution >= 4 is 0 Å². The topological polar surface area (TPSA) is 32.7 Å². The van der Waals surface area contributed by atoms with Crippen molar-refractivity contribution in [1.82, 2.24) is 4.90 Å². The Morgan fingerprint density at radius 1 is 1.09 bits per heavy atom. The number of aliphatic hydroxyl groups excluding tert-OH is 1. The standard InChI is InChI=1S/C19H35NO2/c1-14-4-3-5-15(2)20(14)12-19(21)13-22-9-8-18-11-16-6-7-17(18)10-16/h14-19,21H,3-13H2,1-2H3/t14-,15+,16-,17-,18-,19+/m1/s1. The molecule has 0 radical (unpaired) electrons. The molecule has 3 aliphatic rings. The number of piperidine rings is 1. The van der Waals surface area contributed by atoms with Gasteiger partial charge in [-0.05, 0) is 70.1 Å². The molecule has 22 heavy (non-hydrogen) atoms. The Morgan fingerprint density at radius 2 is 1.86 bits per heavy atom. The van der Waals surface area contributed by atoms with Crippen molar-refractivity contribution in [2.75, 3.05) is 19.8 Å². The number of hydrogen-bond acceptors (Lipinski definition) is 3. The van der Waals surface area contributed by atoms with E-state index in [4.69, 9.17) is 4.74 Å². The maximum Gasteiger partial charge on any atom is 0.0900 e. The first kappa shape index (κ1) is 16.7. The zero-order valence-corrected chi connectivity index (χ0v) is 14.5. The van der Waals surface area contributed by atoms with Gasteiger partial charge >= 0.3 is 0 Å². The lowest BCUT2D eigenvalue weighted by Gasteiger charge is -2.40. The van der Waals surface area contributed by atoms with E-state index in [0.29, 0.717) is 18.7 Å². The molecule has 3 nitrogen and oxygen atoms in total. The van der Waals surface area contributed by atoms with Crippen LogP contribution in [0.15, 0.2) is 0 Å². The summed E-state index contributed by atoms with van der Waals surface area (Å²) in [5.74, 6) is 2.94. The largest absolute Gasteiger partial charge is 0.389 e. The zero-order valence-electron chi connectivity index (χ0n) is 14.5. The summed E-state index contributed by atoms with van der Waals surface area (Å²) in [5, 5.41) is 10.3. The van der Waals surface area contributed by atoms with Gasteiger partial charge in [0.1, 0.15) is 0 Å². The van der Waals surface area contributed by atoms with Crippen molar-refractivity contribution in [2.24, 2.45) is 17.8 Å². The predicted molar refractivity (Wildman–Crippen MR) is 89.9 cm³/mol. The minimum absolute atomic E-state index is 0.331. The van der Waals surface area contributed by atoms with Gasteiger partial charge in [-0.25, -0.2) is 0 Å². The van der Waals surface area contributed by atoms with Crippen molar-refractivity contribution in [1.29, 1.82) is 0 Å². The molecule has 0 aromatic carbocycles. The van der Waals surface area contributed by atoms with Gasteiger partial charge < -0.3 is 9.84 Å². The molecule has 0 aromatic heterocycles. The number of likely N-dealkylation sites (tertiary alicyclic amines) is 1. The van der Waals surface area contributed by atoms with Crippen LogP contribution in [-0.2, 0) is 4.74 Å². The van der Waals surface area contributed by atoms with Gasteiger partial charge in [-0.3, -0.25) is 4.90 Å². The smallest absolute Gasteiger partial charge is 0.0900 e. The predicted octanol–water partition coefficient (Wildman–Crippen LogP) is 3.45. The summed E-state index contributed by atoms with van der Waals surface area (Å²) >= 11 is 0. The first-order valence-electron chi connectivity index (χ1n) is 9.65. The molecule has 6 atom stereocenters. The van der Waals surface area contributed by atoms with Gasteiger partial charge in [-0.1, -0.05) is 12.8 Å². The van der Waals surface area contributed by atoms with E-state index in [2.05, 4.69) is 18.7 Å². The molecule has 1 N–H and O–H groups in total. The zero-order chi connectivity index (χ0) is 15.5. The molecule has 2 saturated carbocycles. The molecule has 1 heterocycles. The van der Waals surface area contributed by atoms with E-state index in [1.165, 1.54) is 51.4 Å². The van der Waals surface area contributed by atoms with Crippen LogP contribution >= 0.6 is 0 Å². The van der Waals surface area contributed by atoms with Crippen molar-refractivity contribution in [3.05, 3.63) is 0 Å². The van der Waals surface area contributed by atoms with Crippen LogP contribution < -0.4 is 0 Å². The number of β-amino-alcohol motifs (C(OH)–C–C–N with tert-alkyl or cyclic N) is 1. The number of ether oxygens (including phenoxy) is 1. The average Bonchev–Trinajstić information content (AvgIpc) is 3.10. The Hall–Kier alpha value is -0.120. The van der Waals surface area contributed by atoms with Crippen LogP contribution in [0.4, 0.5) is 0 Å². The Balaban J connectivity index is 1.30. The van der Waals surface area contributed by atoms with E-state index in [-0.39, 0.29) is 6.10 Å². The molecule has 1 saturated heterocycles. The summed E-state index contributed by atoms with van der Waals surface area (Å²) in [7, 11) is 0. The molecule has 3 fully saturated rings. The number of nitrogens with zero attached hydrogens (tertiary/aromatic N) is 1. The van der Waals surface area contributed by atoms with Gasteiger partial charge in [-0.15, -0.1) is 0 Å². The fraction of sp³-hybridized carbons (Fsp3) is 1.00. The van der Waals surface area contributed by atoms with Gasteiger partial charge in [0, 0.05) is 25.2 Å². The second kappa shape index (κ2) is 7.63. The van der Waals surface area contributed by atoms with E-state index in [1.54, 1.807) is 0 Å². The number of aliphatic hydroxyl groups is 1. The highest BCUT2D eigenvalue weighted by molar-refractivity contribution is 4.89. The lowest BCUT2D eigenvalue weighted by molar-refractivity contribution is -0.0123. The van der Waals surface area contributed by atoms with Crippen LogP contribution in [0.2, 0.25) is 0 Å². The van der Waals surface area contributed by atoms with Crippen molar-refractivity contribution in [3.63, 3.8) is 0 Å². The van der Waals surface area contributed by atoms with Gasteiger partial charge in [-0.2, -0.15) is 0 Å². The van der Waals surface area contributed by atoms with Crippen molar-refractivity contribution in [2.45, 2.75) is 83.4 Å². The van der Waals surface area contributed by atoms with Crippen LogP contribution in [0.1, 0.15) is 65.2 Å². The van der Waals surface area contributed by atoms with Crippen LogP contribution in [0.25, 0.3) is 0 Å². The summed E-state index contributed by atoms with van der Waals surface area (Å²) < 4.78 is 5.80. The molecular weight excluding hydrogens is 274 g/mol. The molecule has 1 aliphatic heterocycles. The normalized spacial score (nSPS) is 40.2. The first-order valence-corrected chi connectivity index (χ1v) is 9.65. The molecule has 0 amide bonds. The number of fused-ring (bicyclic) bond motifs is 2. The van der Waals surface area contributed by atoms with Crippen LogP contribution in [0.5, 0.6) is 0 Å². The minimum Gasteiger partial charge on any atom is -0.389 e. The Labute approximate surface area is 136 Å². The molecule has 0 spiro atoms. The maximum absolute atomic E-state index is 10.3. The fourth-order valence-electron chi connectivity index (χ4n) is 5.31. The fourth-order valence-corrected chi connectivity index (χ4v) is 5.31. The van der Waals surface area contributed by atoms with E-state index >= 15 is 0 Å². The molecule has 0 unspecified atom stereocenters. The summed E-state index contributed by atoms with van der Waals surface area (Å²) in [4.78, 5) is 2.47. The quantitative estimate of drug-likeness (QED) is 0.731. The van der Waals surface area contributed by atoms with Crippen molar-refractivity contribution < 1.29 is 9.84 Å². The summed E-state index contributed by atoms with van der Waals surface area (Å²) in [5.41, 5.74) is 0. The third-order valence-corrected chi connectivity index (χ3v) is 6.63. The highest BCUT2D eigenvalue weighted by atomic mass is 16.5. The highest BCUT2D eigenvalue weighted by Gasteiger charge is 2.38. The Bertz CT molecular complexity index is 338. The van der Waals surface area contributed by atoms with Crippen LogP contribution in [-0.4, -0.2) is 48.0 Å². The van der Waals surface area contributed by atoms with Crippen molar-refractivity contribution in [3.8, 4) is 0 Å². The van der Waals surface area contributed by atoms with Gasteiger partial charge in [0.2, 0.25) is 0 Å². The molecule has 2 aliphatic carbocycles. The monoisotopic (exact) mass is 309 g/mol. The maximum atomic E-state index is 10.3. The van der Waals surface area contributed by atoms with E-state index < -0.39 is 0 Å². The van der Waals surface area contributed by atoms with Gasteiger partial charge in [0.25, 0.3) is 0 Å². The molecule has 2 bridgehead atoms. The highest BCUT2D eigenvalue weighted by Crippen LogP contribution is 2.49. The summed E-state index contributed by atoms with van der Waals surface area (Å²) in [6, 6.07) is 1.21. The summed E-state index contributed by atoms with van der Waals surface area (Å²) in [6.45, 7) is 6.71. The molecule has 3 rings (SSSR count). The lowest BCUT2D eigenvalue weighted by atomic mass is 9.87. The Morgan fingerprint density at radius 3 is 2.50 bits per heavy atom. The molecular formula is C19H35NO2. The summed E-state index contributed by atoms with van der Waals surface area (Å²) in [6.07, 6.45) is 10.6.